The number of benzene rings is 2. The monoisotopic (exact) mass is 444 g/mol. The second-order valence-electron chi connectivity index (χ2n) is 7.31. The molecule has 0 aromatic heterocycles. The van der Waals surface area contributed by atoms with Gasteiger partial charge in [0.15, 0.2) is 0 Å². The van der Waals surface area contributed by atoms with E-state index in [2.05, 4.69) is 21.2 Å². The summed E-state index contributed by atoms with van der Waals surface area (Å²) in [4.78, 5) is 27.5. The van der Waals surface area contributed by atoms with Crippen molar-refractivity contribution in [2.45, 2.75) is 59.2 Å². The van der Waals surface area contributed by atoms with Gasteiger partial charge in [-0.25, -0.2) is 0 Å². The lowest BCUT2D eigenvalue weighted by molar-refractivity contribution is -0.140. The summed E-state index contributed by atoms with van der Waals surface area (Å²) in [5.74, 6) is -0.183. The Labute approximate surface area is 176 Å². The molecule has 0 heterocycles. The first-order valence-corrected chi connectivity index (χ1v) is 10.5. The first kappa shape index (κ1) is 22.2. The van der Waals surface area contributed by atoms with Crippen LogP contribution in [-0.4, -0.2) is 28.8 Å². The van der Waals surface area contributed by atoms with E-state index in [0.717, 1.165) is 27.6 Å². The van der Waals surface area contributed by atoms with Gasteiger partial charge in [0, 0.05) is 17.1 Å². The third-order valence-electron chi connectivity index (χ3n) is 4.89. The standard InChI is InChI=1S/C23H29BrN2O2/c1-5-17(3)25-23(28)18(4)26(15-20-7-6-8-21(24)13-20)22(27)14-19-11-9-16(2)10-12-19/h6-13,17-18H,5,14-15H2,1-4H3,(H,25,28)/t17-,18-/m1/s1. The Kier molecular flexibility index (Phi) is 8.24. The summed E-state index contributed by atoms with van der Waals surface area (Å²) in [6.45, 7) is 8.20. The lowest BCUT2D eigenvalue weighted by Gasteiger charge is -2.30. The van der Waals surface area contributed by atoms with Gasteiger partial charge in [-0.1, -0.05) is 64.8 Å². The summed E-state index contributed by atoms with van der Waals surface area (Å²) >= 11 is 3.47. The van der Waals surface area contributed by atoms with Crippen molar-refractivity contribution >= 4 is 27.7 Å². The number of carbonyl (C=O) groups is 2. The molecular formula is C23H29BrN2O2. The Bertz CT molecular complexity index is 805. The van der Waals surface area contributed by atoms with Crippen molar-refractivity contribution < 1.29 is 9.59 Å². The van der Waals surface area contributed by atoms with Crippen molar-refractivity contribution in [3.63, 3.8) is 0 Å². The summed E-state index contributed by atoms with van der Waals surface area (Å²) in [5, 5.41) is 2.99. The van der Waals surface area contributed by atoms with E-state index in [9.17, 15) is 9.59 Å². The van der Waals surface area contributed by atoms with Crippen LogP contribution in [0, 0.1) is 6.92 Å². The molecule has 5 heteroatoms. The van der Waals surface area contributed by atoms with E-state index >= 15 is 0 Å². The van der Waals surface area contributed by atoms with Crippen LogP contribution in [-0.2, 0) is 22.6 Å². The molecule has 0 aliphatic carbocycles. The van der Waals surface area contributed by atoms with Crippen molar-refractivity contribution in [2.75, 3.05) is 0 Å². The van der Waals surface area contributed by atoms with E-state index in [4.69, 9.17) is 0 Å². The molecule has 150 valence electrons. The summed E-state index contributed by atoms with van der Waals surface area (Å²) < 4.78 is 0.952. The van der Waals surface area contributed by atoms with Crippen molar-refractivity contribution in [1.29, 1.82) is 0 Å². The van der Waals surface area contributed by atoms with Crippen LogP contribution in [0.15, 0.2) is 53.0 Å². The van der Waals surface area contributed by atoms with Crippen LogP contribution in [0.3, 0.4) is 0 Å². The zero-order valence-electron chi connectivity index (χ0n) is 17.0. The van der Waals surface area contributed by atoms with Gasteiger partial charge in [0.05, 0.1) is 6.42 Å². The number of nitrogens with one attached hydrogen (secondary N) is 1. The van der Waals surface area contributed by atoms with Crippen LogP contribution in [0.5, 0.6) is 0 Å². The maximum absolute atomic E-state index is 13.1. The molecule has 0 bridgehead atoms. The van der Waals surface area contributed by atoms with Gasteiger partial charge in [-0.3, -0.25) is 9.59 Å². The topological polar surface area (TPSA) is 49.4 Å². The second kappa shape index (κ2) is 10.4. The Morgan fingerprint density at radius 2 is 1.75 bits per heavy atom. The number of aryl methyl sites for hydroxylation is 1. The summed E-state index contributed by atoms with van der Waals surface area (Å²) in [5.41, 5.74) is 3.09. The Hall–Kier alpha value is -2.14. The van der Waals surface area contributed by atoms with Crippen LogP contribution < -0.4 is 5.32 Å². The van der Waals surface area contributed by atoms with E-state index in [1.54, 1.807) is 11.8 Å². The van der Waals surface area contributed by atoms with Gasteiger partial charge in [0.2, 0.25) is 11.8 Å². The number of carbonyl (C=O) groups excluding carboxylic acids is 2. The third-order valence-corrected chi connectivity index (χ3v) is 5.38. The van der Waals surface area contributed by atoms with Crippen LogP contribution in [0.1, 0.15) is 43.9 Å². The summed E-state index contributed by atoms with van der Waals surface area (Å²) in [7, 11) is 0. The van der Waals surface area contributed by atoms with E-state index in [1.807, 2.05) is 69.3 Å². The van der Waals surface area contributed by atoms with E-state index in [-0.39, 0.29) is 24.3 Å². The number of nitrogens with zero attached hydrogens (tertiary/aromatic N) is 1. The Balaban J connectivity index is 2.22. The molecule has 0 aliphatic heterocycles. The van der Waals surface area contributed by atoms with Gasteiger partial charge in [0.1, 0.15) is 6.04 Å². The molecule has 2 aromatic rings. The molecule has 0 unspecified atom stereocenters. The number of hydrogen-bond donors (Lipinski definition) is 1. The molecule has 0 spiro atoms. The zero-order chi connectivity index (χ0) is 20.7. The van der Waals surface area contributed by atoms with Gasteiger partial charge >= 0.3 is 0 Å². The molecule has 0 radical (unpaired) electrons. The minimum atomic E-state index is -0.550. The van der Waals surface area contributed by atoms with Crippen molar-refractivity contribution in [3.8, 4) is 0 Å². The molecule has 28 heavy (non-hydrogen) atoms. The predicted molar refractivity (Wildman–Crippen MR) is 117 cm³/mol. The van der Waals surface area contributed by atoms with Crippen molar-refractivity contribution in [1.82, 2.24) is 10.2 Å². The van der Waals surface area contributed by atoms with Gasteiger partial charge in [-0.2, -0.15) is 0 Å². The maximum Gasteiger partial charge on any atom is 0.242 e. The largest absolute Gasteiger partial charge is 0.352 e. The number of hydrogen-bond acceptors (Lipinski definition) is 2. The molecule has 0 saturated heterocycles. The molecule has 2 amide bonds. The first-order chi connectivity index (χ1) is 13.3. The van der Waals surface area contributed by atoms with Crippen LogP contribution in [0.4, 0.5) is 0 Å². The van der Waals surface area contributed by atoms with Crippen LogP contribution in [0.2, 0.25) is 0 Å². The van der Waals surface area contributed by atoms with Crippen LogP contribution >= 0.6 is 15.9 Å². The van der Waals surface area contributed by atoms with Gasteiger partial charge in [0.25, 0.3) is 0 Å². The SMILES string of the molecule is CC[C@@H](C)NC(=O)[C@@H](C)N(Cc1cccc(Br)c1)C(=O)Cc1ccc(C)cc1. The number of amides is 2. The third kappa shape index (κ3) is 6.48. The smallest absolute Gasteiger partial charge is 0.242 e. The Morgan fingerprint density at radius 3 is 2.36 bits per heavy atom. The zero-order valence-corrected chi connectivity index (χ0v) is 18.6. The highest BCUT2D eigenvalue weighted by Gasteiger charge is 2.26. The van der Waals surface area contributed by atoms with Gasteiger partial charge in [-0.05, 0) is 50.5 Å². The molecule has 0 aliphatic rings. The fraction of sp³-hybridized carbons (Fsp3) is 0.391. The lowest BCUT2D eigenvalue weighted by Crippen LogP contribution is -2.49. The molecular weight excluding hydrogens is 416 g/mol. The van der Waals surface area contributed by atoms with E-state index in [0.29, 0.717) is 6.54 Å². The lowest BCUT2D eigenvalue weighted by atomic mass is 10.1. The fourth-order valence-electron chi connectivity index (χ4n) is 2.86. The predicted octanol–water partition coefficient (Wildman–Crippen LogP) is 4.63. The second-order valence-corrected chi connectivity index (χ2v) is 8.22. The minimum Gasteiger partial charge on any atom is -0.352 e. The average Bonchev–Trinajstić information content (AvgIpc) is 2.67. The van der Waals surface area contributed by atoms with Gasteiger partial charge < -0.3 is 10.2 Å². The van der Waals surface area contributed by atoms with Gasteiger partial charge in [-0.15, -0.1) is 0 Å². The van der Waals surface area contributed by atoms with E-state index < -0.39 is 6.04 Å². The van der Waals surface area contributed by atoms with Crippen LogP contribution in [0.25, 0.3) is 0 Å². The highest BCUT2D eigenvalue weighted by Crippen LogP contribution is 2.17. The quantitative estimate of drug-likeness (QED) is 0.644. The molecule has 0 saturated carbocycles. The molecule has 2 rings (SSSR count). The number of rotatable bonds is 8. The normalized spacial score (nSPS) is 12.9. The molecule has 4 nitrogen and oxygen atoms in total. The highest BCUT2D eigenvalue weighted by atomic mass is 79.9. The molecule has 0 fully saturated rings. The minimum absolute atomic E-state index is 0.0596. The molecule has 1 N–H and O–H groups in total. The Morgan fingerprint density at radius 1 is 1.07 bits per heavy atom. The molecule has 2 aromatic carbocycles. The summed E-state index contributed by atoms with van der Waals surface area (Å²) in [6.07, 6.45) is 1.12. The highest BCUT2D eigenvalue weighted by molar-refractivity contribution is 9.10. The van der Waals surface area contributed by atoms with Crippen molar-refractivity contribution in [2.24, 2.45) is 0 Å². The average molecular weight is 445 g/mol. The number of halogens is 1. The fourth-order valence-corrected chi connectivity index (χ4v) is 3.31. The van der Waals surface area contributed by atoms with E-state index in [1.165, 1.54) is 0 Å². The summed E-state index contributed by atoms with van der Waals surface area (Å²) in [6, 6.07) is 15.3. The maximum atomic E-state index is 13.1. The van der Waals surface area contributed by atoms with Crippen molar-refractivity contribution in [3.05, 3.63) is 69.7 Å². The first-order valence-electron chi connectivity index (χ1n) is 9.70. The molecule has 2 atom stereocenters.